The quantitative estimate of drug-likeness (QED) is 0.469. The van der Waals surface area contributed by atoms with Gasteiger partial charge in [-0.2, -0.15) is 0 Å². The molecule has 2 aromatic carbocycles. The normalized spacial score (nSPS) is 14.1. The first-order chi connectivity index (χ1) is 16.5. The third-order valence-corrected chi connectivity index (χ3v) is 7.30. The van der Waals surface area contributed by atoms with Crippen LogP contribution in [-0.4, -0.2) is 45.1 Å². The lowest BCUT2D eigenvalue weighted by Gasteiger charge is -2.31. The number of hydrogen-bond donors (Lipinski definition) is 1. The van der Waals surface area contributed by atoms with Crippen molar-refractivity contribution < 1.29 is 14.0 Å². The van der Waals surface area contributed by atoms with E-state index in [1.54, 1.807) is 41.2 Å². The van der Waals surface area contributed by atoms with Crippen LogP contribution in [0.5, 0.6) is 0 Å². The van der Waals surface area contributed by atoms with Crippen molar-refractivity contribution in [2.45, 2.75) is 49.6 Å². The van der Waals surface area contributed by atoms with E-state index in [2.05, 4.69) is 10.3 Å². The molecule has 0 unspecified atom stereocenters. The topological polar surface area (TPSA) is 67.2 Å². The van der Waals surface area contributed by atoms with E-state index < -0.39 is 0 Å². The van der Waals surface area contributed by atoms with Gasteiger partial charge in [0.25, 0.3) is 5.91 Å². The van der Waals surface area contributed by atoms with Crippen LogP contribution in [0.4, 0.5) is 4.39 Å². The van der Waals surface area contributed by atoms with Gasteiger partial charge in [-0.15, -0.1) is 11.8 Å². The van der Waals surface area contributed by atoms with Gasteiger partial charge in [0.05, 0.1) is 23.3 Å². The zero-order chi connectivity index (χ0) is 23.9. The number of rotatable bonds is 8. The smallest absolute Gasteiger partial charge is 0.252 e. The molecule has 178 valence electrons. The van der Waals surface area contributed by atoms with Crippen molar-refractivity contribution in [3.05, 3.63) is 78.1 Å². The van der Waals surface area contributed by atoms with Gasteiger partial charge in [-0.05, 0) is 42.7 Å². The molecular formula is C26H29FN4O2S. The Bertz CT molecular complexity index is 1130. The van der Waals surface area contributed by atoms with E-state index >= 15 is 0 Å². The first-order valence-electron chi connectivity index (χ1n) is 11.6. The summed E-state index contributed by atoms with van der Waals surface area (Å²) in [5.41, 5.74) is 1.57. The number of hydrogen-bond acceptors (Lipinski definition) is 4. The van der Waals surface area contributed by atoms with Gasteiger partial charge in [-0.1, -0.05) is 37.5 Å². The fraction of sp³-hybridized carbons (Fsp3) is 0.346. The summed E-state index contributed by atoms with van der Waals surface area (Å²) in [6.45, 7) is 0.197. The van der Waals surface area contributed by atoms with Gasteiger partial charge >= 0.3 is 0 Å². The van der Waals surface area contributed by atoms with Crippen LogP contribution in [0.15, 0.2) is 66.1 Å². The van der Waals surface area contributed by atoms with Crippen LogP contribution in [0.2, 0.25) is 0 Å². The minimum atomic E-state index is -0.388. The third kappa shape index (κ3) is 5.86. The molecule has 6 nitrogen and oxygen atoms in total. The lowest BCUT2D eigenvalue weighted by Crippen LogP contribution is -2.39. The van der Waals surface area contributed by atoms with Crippen molar-refractivity contribution in [3.63, 3.8) is 0 Å². The second kappa shape index (κ2) is 11.3. The summed E-state index contributed by atoms with van der Waals surface area (Å²) in [5, 5.41) is 2.87. The Kier molecular flexibility index (Phi) is 8.00. The molecule has 1 N–H and O–H groups in total. The van der Waals surface area contributed by atoms with Crippen molar-refractivity contribution in [1.82, 2.24) is 19.8 Å². The number of nitrogens with one attached hydrogen (secondary N) is 1. The third-order valence-electron chi connectivity index (χ3n) is 6.25. The fourth-order valence-electron chi connectivity index (χ4n) is 4.24. The van der Waals surface area contributed by atoms with E-state index in [0.29, 0.717) is 22.9 Å². The van der Waals surface area contributed by atoms with Crippen molar-refractivity contribution in [2.24, 2.45) is 0 Å². The second-order valence-corrected chi connectivity index (χ2v) is 9.54. The molecule has 0 bridgehead atoms. The first-order valence-corrected chi connectivity index (χ1v) is 12.5. The molecule has 0 saturated heterocycles. The summed E-state index contributed by atoms with van der Waals surface area (Å²) in [4.78, 5) is 32.2. The highest BCUT2D eigenvalue weighted by molar-refractivity contribution is 8.00. The van der Waals surface area contributed by atoms with E-state index in [1.807, 2.05) is 24.1 Å². The average molecular weight is 481 g/mol. The standard InChI is InChI=1S/C26H29FN4O2S/c1-30(20-7-3-2-4-8-20)25(32)17-34-24-10-6-5-9-21(24)26(33)29-16-19-11-12-23(22(27)15-19)31-14-13-28-18-31/h5-6,9-15,18,20H,2-4,7-8,16-17H2,1H3,(H,29,33). The van der Waals surface area contributed by atoms with Gasteiger partial charge in [-0.25, -0.2) is 9.37 Å². The summed E-state index contributed by atoms with van der Waals surface area (Å²) < 4.78 is 16.1. The van der Waals surface area contributed by atoms with E-state index in [1.165, 1.54) is 43.4 Å². The molecule has 0 atom stereocenters. The molecule has 0 radical (unpaired) electrons. The van der Waals surface area contributed by atoms with Crippen LogP contribution < -0.4 is 5.32 Å². The van der Waals surface area contributed by atoms with Gasteiger partial charge in [0.2, 0.25) is 5.91 Å². The Morgan fingerprint density at radius 3 is 2.71 bits per heavy atom. The Balaban J connectivity index is 1.35. The van der Waals surface area contributed by atoms with Gasteiger partial charge in [0.15, 0.2) is 0 Å². The Morgan fingerprint density at radius 1 is 1.18 bits per heavy atom. The van der Waals surface area contributed by atoms with Crippen molar-refractivity contribution in [2.75, 3.05) is 12.8 Å². The van der Waals surface area contributed by atoms with Crippen molar-refractivity contribution in [1.29, 1.82) is 0 Å². The van der Waals surface area contributed by atoms with Crippen LogP contribution in [0.25, 0.3) is 5.69 Å². The maximum absolute atomic E-state index is 14.5. The summed E-state index contributed by atoms with van der Waals surface area (Å²) in [7, 11) is 1.88. The summed E-state index contributed by atoms with van der Waals surface area (Å²) in [6, 6.07) is 12.4. The molecule has 1 saturated carbocycles. The summed E-state index contributed by atoms with van der Waals surface area (Å²) in [6.07, 6.45) is 10.5. The highest BCUT2D eigenvalue weighted by atomic mass is 32.2. The fourth-order valence-corrected chi connectivity index (χ4v) is 5.22. The molecule has 1 fully saturated rings. The van der Waals surface area contributed by atoms with Gasteiger partial charge < -0.3 is 14.8 Å². The molecule has 0 spiro atoms. The van der Waals surface area contributed by atoms with Crippen LogP contribution in [0.3, 0.4) is 0 Å². The molecule has 1 aliphatic carbocycles. The maximum atomic E-state index is 14.5. The lowest BCUT2D eigenvalue weighted by atomic mass is 9.94. The van der Waals surface area contributed by atoms with E-state index in [9.17, 15) is 14.0 Å². The lowest BCUT2D eigenvalue weighted by molar-refractivity contribution is -0.129. The Hall–Kier alpha value is -3.13. The summed E-state index contributed by atoms with van der Waals surface area (Å²) >= 11 is 1.38. The number of nitrogens with zero attached hydrogens (tertiary/aromatic N) is 3. The van der Waals surface area contributed by atoms with E-state index in [-0.39, 0.29) is 29.9 Å². The molecule has 1 aliphatic rings. The van der Waals surface area contributed by atoms with Crippen molar-refractivity contribution >= 4 is 23.6 Å². The minimum absolute atomic E-state index is 0.0839. The molecule has 3 aromatic rings. The maximum Gasteiger partial charge on any atom is 0.252 e. The van der Waals surface area contributed by atoms with Crippen LogP contribution >= 0.6 is 11.8 Å². The zero-order valence-electron chi connectivity index (χ0n) is 19.2. The Labute approximate surface area is 203 Å². The highest BCUT2D eigenvalue weighted by Crippen LogP contribution is 2.26. The molecule has 4 rings (SSSR count). The van der Waals surface area contributed by atoms with E-state index in [4.69, 9.17) is 0 Å². The zero-order valence-corrected chi connectivity index (χ0v) is 20.1. The SMILES string of the molecule is CN(C(=O)CSc1ccccc1C(=O)NCc1ccc(-n2ccnc2)c(F)c1)C1CCCCC1. The average Bonchev–Trinajstić information content (AvgIpc) is 3.41. The molecule has 0 aliphatic heterocycles. The van der Waals surface area contributed by atoms with Gasteiger partial charge in [-0.3, -0.25) is 9.59 Å². The molecule has 34 heavy (non-hydrogen) atoms. The monoisotopic (exact) mass is 480 g/mol. The number of thioether (sulfide) groups is 1. The van der Waals surface area contributed by atoms with E-state index in [0.717, 1.165) is 17.7 Å². The largest absolute Gasteiger partial charge is 0.348 e. The van der Waals surface area contributed by atoms with Crippen LogP contribution in [0.1, 0.15) is 48.0 Å². The number of amides is 2. The predicted molar refractivity (Wildman–Crippen MR) is 132 cm³/mol. The highest BCUT2D eigenvalue weighted by Gasteiger charge is 2.22. The van der Waals surface area contributed by atoms with Crippen LogP contribution in [-0.2, 0) is 11.3 Å². The first kappa shape index (κ1) is 24.0. The molecule has 2 amide bonds. The van der Waals surface area contributed by atoms with Gasteiger partial charge in [0.1, 0.15) is 5.82 Å². The minimum Gasteiger partial charge on any atom is -0.348 e. The molecule has 8 heteroatoms. The Morgan fingerprint density at radius 2 is 1.97 bits per heavy atom. The number of halogens is 1. The second-order valence-electron chi connectivity index (χ2n) is 8.52. The number of imidazole rings is 1. The molecule has 1 aromatic heterocycles. The van der Waals surface area contributed by atoms with Crippen molar-refractivity contribution in [3.8, 4) is 5.69 Å². The van der Waals surface area contributed by atoms with Gasteiger partial charge in [0, 0.05) is 36.9 Å². The number of carbonyl (C=O) groups is 2. The molecule has 1 heterocycles. The number of carbonyl (C=O) groups excluding carboxylic acids is 2. The number of aromatic nitrogens is 2. The molecular weight excluding hydrogens is 451 g/mol. The number of benzene rings is 2. The summed E-state index contributed by atoms with van der Waals surface area (Å²) in [5.74, 6) is -0.268. The predicted octanol–water partition coefficient (Wildman–Crippen LogP) is 4.82. The van der Waals surface area contributed by atoms with Crippen LogP contribution in [0, 0.1) is 5.82 Å².